The molecular weight excluding hydrogens is 438 g/mol. The number of fused-ring (bicyclic) bond motifs is 1. The first kappa shape index (κ1) is 25.2. The fraction of sp³-hybridized carbons (Fsp3) is 0.500. The van der Waals surface area contributed by atoms with Crippen LogP contribution in [0.25, 0.3) is 11.0 Å². The van der Waals surface area contributed by atoms with Crippen molar-refractivity contribution in [2.24, 2.45) is 0 Å². The Morgan fingerprint density at radius 1 is 0.971 bits per heavy atom. The van der Waals surface area contributed by atoms with Crippen LogP contribution in [0.2, 0.25) is 0 Å². The maximum Gasteiger partial charge on any atom is 0.262 e. The fourth-order valence-electron chi connectivity index (χ4n) is 4.59. The van der Waals surface area contributed by atoms with Gasteiger partial charge in [0.1, 0.15) is 11.6 Å². The van der Waals surface area contributed by atoms with Crippen LogP contribution >= 0.6 is 0 Å². The molecule has 7 heteroatoms. The number of imidazole rings is 1. The highest BCUT2D eigenvalue weighted by Crippen LogP contribution is 2.25. The minimum Gasteiger partial charge on any atom is -0.484 e. The molecule has 0 unspecified atom stereocenters. The topological polar surface area (TPSA) is 62.6 Å². The number of benzene rings is 2. The smallest absolute Gasteiger partial charge is 0.262 e. The number of aryl methyl sites for hydroxylation is 1. The molecule has 2 aromatic carbocycles. The van der Waals surface area contributed by atoms with Crippen LogP contribution in [0.3, 0.4) is 0 Å². The number of likely N-dealkylation sites (N-methyl/N-ethyl adjacent to an activating group) is 1. The number of carbonyl (C=O) groups excluding carboxylic acids is 1. The van der Waals surface area contributed by atoms with E-state index in [2.05, 4.69) is 54.3 Å². The van der Waals surface area contributed by atoms with Crippen molar-refractivity contribution in [1.29, 1.82) is 0 Å². The van der Waals surface area contributed by atoms with E-state index in [4.69, 9.17) is 9.72 Å². The minimum absolute atomic E-state index is 0.0364. The third-order valence-electron chi connectivity index (χ3n) is 6.79. The molecule has 0 spiro atoms. The SMILES string of the molecule is CCN1CCN(Cc2nc3cc(NC(=O)COc4ccc(C(C)(C)C)cc4)ccc3n2CC)CC1. The van der Waals surface area contributed by atoms with Crippen LogP contribution in [0.4, 0.5) is 5.69 Å². The van der Waals surface area contributed by atoms with E-state index < -0.39 is 0 Å². The highest BCUT2D eigenvalue weighted by Gasteiger charge is 2.19. The largest absolute Gasteiger partial charge is 0.484 e. The highest BCUT2D eigenvalue weighted by atomic mass is 16.5. The van der Waals surface area contributed by atoms with Gasteiger partial charge in [-0.05, 0) is 54.8 Å². The van der Waals surface area contributed by atoms with Crippen molar-refractivity contribution in [3.05, 3.63) is 53.9 Å². The molecule has 0 atom stereocenters. The maximum atomic E-state index is 12.5. The second kappa shape index (κ2) is 10.8. The maximum absolute atomic E-state index is 12.5. The fourth-order valence-corrected chi connectivity index (χ4v) is 4.59. The van der Waals surface area contributed by atoms with Crippen molar-refractivity contribution >= 4 is 22.6 Å². The molecule has 2 heterocycles. The van der Waals surface area contributed by atoms with Crippen LogP contribution in [0, 0.1) is 0 Å². The van der Waals surface area contributed by atoms with Gasteiger partial charge in [-0.25, -0.2) is 4.98 Å². The minimum atomic E-state index is -0.187. The van der Waals surface area contributed by atoms with Crippen molar-refractivity contribution in [3.63, 3.8) is 0 Å². The molecule has 0 saturated carbocycles. The van der Waals surface area contributed by atoms with Crippen molar-refractivity contribution in [2.75, 3.05) is 44.6 Å². The van der Waals surface area contributed by atoms with Gasteiger partial charge in [0.2, 0.25) is 0 Å². The lowest BCUT2D eigenvalue weighted by Crippen LogP contribution is -2.45. The first-order valence-electron chi connectivity index (χ1n) is 12.7. The van der Waals surface area contributed by atoms with Crippen LogP contribution in [0.15, 0.2) is 42.5 Å². The molecule has 1 amide bonds. The molecule has 3 aromatic rings. The number of nitrogens with one attached hydrogen (secondary N) is 1. The number of aromatic nitrogens is 2. The van der Waals surface area contributed by atoms with Crippen molar-refractivity contribution < 1.29 is 9.53 Å². The number of ether oxygens (including phenoxy) is 1. The number of nitrogens with zero attached hydrogens (tertiary/aromatic N) is 4. The molecular formula is C28H39N5O2. The predicted molar refractivity (Wildman–Crippen MR) is 142 cm³/mol. The van der Waals surface area contributed by atoms with E-state index in [-0.39, 0.29) is 17.9 Å². The van der Waals surface area contributed by atoms with E-state index in [1.54, 1.807) is 0 Å². The molecule has 0 bridgehead atoms. The van der Waals surface area contributed by atoms with Gasteiger partial charge in [-0.3, -0.25) is 9.69 Å². The Balaban J connectivity index is 1.37. The first-order chi connectivity index (χ1) is 16.8. The Morgan fingerprint density at radius 2 is 1.66 bits per heavy atom. The number of piperazine rings is 1. The molecule has 4 rings (SSSR count). The third kappa shape index (κ3) is 6.21. The molecule has 1 N–H and O–H groups in total. The number of amides is 1. The lowest BCUT2D eigenvalue weighted by molar-refractivity contribution is -0.118. The number of carbonyl (C=O) groups is 1. The Labute approximate surface area is 209 Å². The van der Waals surface area contributed by atoms with E-state index >= 15 is 0 Å². The van der Waals surface area contributed by atoms with Gasteiger partial charge >= 0.3 is 0 Å². The molecule has 1 aliphatic rings. The summed E-state index contributed by atoms with van der Waals surface area (Å²) in [6.45, 7) is 18.1. The Morgan fingerprint density at radius 3 is 2.29 bits per heavy atom. The summed E-state index contributed by atoms with van der Waals surface area (Å²) in [5.41, 5.74) is 4.06. The highest BCUT2D eigenvalue weighted by molar-refractivity contribution is 5.94. The Kier molecular flexibility index (Phi) is 7.77. The lowest BCUT2D eigenvalue weighted by Gasteiger charge is -2.33. The number of hydrogen-bond donors (Lipinski definition) is 1. The Hall–Kier alpha value is -2.90. The molecule has 0 aliphatic carbocycles. The van der Waals surface area contributed by atoms with Crippen molar-refractivity contribution in [1.82, 2.24) is 19.4 Å². The first-order valence-corrected chi connectivity index (χ1v) is 12.7. The van der Waals surface area contributed by atoms with Gasteiger partial charge in [0, 0.05) is 38.4 Å². The zero-order valence-electron chi connectivity index (χ0n) is 21.8. The van der Waals surface area contributed by atoms with Gasteiger partial charge < -0.3 is 19.5 Å². The van der Waals surface area contributed by atoms with E-state index in [9.17, 15) is 4.79 Å². The van der Waals surface area contributed by atoms with E-state index in [0.29, 0.717) is 5.75 Å². The molecule has 35 heavy (non-hydrogen) atoms. The molecule has 7 nitrogen and oxygen atoms in total. The van der Waals surface area contributed by atoms with E-state index in [0.717, 1.165) is 68.4 Å². The Bertz CT molecular complexity index is 1140. The summed E-state index contributed by atoms with van der Waals surface area (Å²) >= 11 is 0. The van der Waals surface area contributed by atoms with Gasteiger partial charge in [0.05, 0.1) is 17.6 Å². The zero-order chi connectivity index (χ0) is 25.0. The summed E-state index contributed by atoms with van der Waals surface area (Å²) in [7, 11) is 0. The quantitative estimate of drug-likeness (QED) is 0.517. The van der Waals surface area contributed by atoms with Crippen LogP contribution in [-0.2, 0) is 23.3 Å². The monoisotopic (exact) mass is 477 g/mol. The van der Waals surface area contributed by atoms with Crippen LogP contribution in [-0.4, -0.2) is 64.6 Å². The van der Waals surface area contributed by atoms with Gasteiger partial charge in [-0.2, -0.15) is 0 Å². The number of hydrogen-bond acceptors (Lipinski definition) is 5. The van der Waals surface area contributed by atoms with E-state index in [1.807, 2.05) is 42.5 Å². The van der Waals surface area contributed by atoms with Crippen molar-refractivity contribution in [3.8, 4) is 5.75 Å². The lowest BCUT2D eigenvalue weighted by atomic mass is 9.87. The normalized spacial score (nSPS) is 15.5. The van der Waals surface area contributed by atoms with Gasteiger partial charge in [0.15, 0.2) is 6.61 Å². The molecule has 0 radical (unpaired) electrons. The molecule has 188 valence electrons. The molecule has 1 aliphatic heterocycles. The third-order valence-corrected chi connectivity index (χ3v) is 6.79. The molecule has 1 fully saturated rings. The molecule has 1 aromatic heterocycles. The summed E-state index contributed by atoms with van der Waals surface area (Å²) in [5.74, 6) is 1.58. The van der Waals surface area contributed by atoms with Gasteiger partial charge in [-0.1, -0.05) is 39.8 Å². The number of anilines is 1. The second-order valence-electron chi connectivity index (χ2n) is 10.3. The summed E-state index contributed by atoms with van der Waals surface area (Å²) in [5, 5.41) is 2.95. The predicted octanol–water partition coefficient (Wildman–Crippen LogP) is 4.51. The standard InChI is InChI=1S/C28H39N5O2/c1-6-31-14-16-32(17-15-31)19-26-30-24-18-22(10-13-25(24)33(26)7-2)29-27(34)20-35-23-11-8-21(9-12-23)28(3,4)5/h8-13,18H,6-7,14-17,19-20H2,1-5H3,(H,29,34). The van der Waals surface area contributed by atoms with Crippen molar-refractivity contribution in [2.45, 2.75) is 53.1 Å². The van der Waals surface area contributed by atoms with Crippen LogP contribution in [0.1, 0.15) is 46.0 Å². The zero-order valence-corrected chi connectivity index (χ0v) is 21.8. The van der Waals surface area contributed by atoms with Gasteiger partial charge in [0.25, 0.3) is 5.91 Å². The van der Waals surface area contributed by atoms with E-state index in [1.165, 1.54) is 5.56 Å². The van der Waals surface area contributed by atoms with Crippen LogP contribution in [0.5, 0.6) is 5.75 Å². The number of rotatable bonds is 8. The van der Waals surface area contributed by atoms with Gasteiger partial charge in [-0.15, -0.1) is 0 Å². The average Bonchev–Trinajstić information content (AvgIpc) is 3.19. The average molecular weight is 478 g/mol. The summed E-state index contributed by atoms with van der Waals surface area (Å²) in [6, 6.07) is 13.9. The summed E-state index contributed by atoms with van der Waals surface area (Å²) in [6.07, 6.45) is 0. The van der Waals surface area contributed by atoms with Crippen LogP contribution < -0.4 is 10.1 Å². The summed E-state index contributed by atoms with van der Waals surface area (Å²) < 4.78 is 7.97. The summed E-state index contributed by atoms with van der Waals surface area (Å²) in [4.78, 5) is 22.4. The molecule has 1 saturated heterocycles. The second-order valence-corrected chi connectivity index (χ2v) is 10.3.